The normalized spacial score (nSPS) is 27.5. The van der Waals surface area contributed by atoms with E-state index in [9.17, 15) is 9.59 Å². The lowest BCUT2D eigenvalue weighted by molar-refractivity contribution is -0.199. The van der Waals surface area contributed by atoms with Crippen molar-refractivity contribution in [1.29, 1.82) is 0 Å². The molecule has 0 spiro atoms. The van der Waals surface area contributed by atoms with E-state index in [-0.39, 0.29) is 48.2 Å². The average molecular weight is 560 g/mol. The number of nitrogens with one attached hydrogen (secondary N) is 1. The van der Waals surface area contributed by atoms with Crippen LogP contribution in [0.15, 0.2) is 54.6 Å². The summed E-state index contributed by atoms with van der Waals surface area (Å²) in [6, 6.07) is 17.2. The van der Waals surface area contributed by atoms with Gasteiger partial charge in [0.05, 0.1) is 18.8 Å². The molecule has 0 aromatic heterocycles. The van der Waals surface area contributed by atoms with Crippen LogP contribution < -0.4 is 10.1 Å². The van der Waals surface area contributed by atoms with Gasteiger partial charge in [-0.05, 0) is 85.6 Å². The Morgan fingerprint density at radius 1 is 1.02 bits per heavy atom. The zero-order valence-electron chi connectivity index (χ0n) is 25.5. The lowest BCUT2D eigenvalue weighted by Gasteiger charge is -2.64. The van der Waals surface area contributed by atoms with E-state index in [2.05, 4.69) is 39.9 Å². The summed E-state index contributed by atoms with van der Waals surface area (Å²) in [5.41, 5.74) is 1.70. The van der Waals surface area contributed by atoms with E-state index >= 15 is 0 Å². The molecule has 220 valence electrons. The first-order valence-electron chi connectivity index (χ1n) is 15.3. The van der Waals surface area contributed by atoms with Crippen LogP contribution in [-0.4, -0.2) is 37.6 Å². The van der Waals surface area contributed by atoms with E-state index in [0.717, 1.165) is 24.2 Å². The van der Waals surface area contributed by atoms with Gasteiger partial charge in [0.1, 0.15) is 11.5 Å². The number of Topliss-reactive ketones (excluding diaryl/α,β-unsaturated/α-hetero) is 1. The molecule has 1 unspecified atom stereocenters. The Hall–Kier alpha value is -2.64. The van der Waals surface area contributed by atoms with Crippen LogP contribution in [0.5, 0.6) is 5.75 Å². The molecule has 2 aromatic rings. The molecular formula is C34H46BNO5. The molecule has 6 nitrogen and oxygen atoms in total. The van der Waals surface area contributed by atoms with Gasteiger partial charge in [0.25, 0.3) is 0 Å². The summed E-state index contributed by atoms with van der Waals surface area (Å²) < 4.78 is 18.6. The number of methoxy groups -OCH3 is 1. The molecule has 6 rings (SSSR count). The van der Waals surface area contributed by atoms with Gasteiger partial charge in [-0.3, -0.25) is 9.59 Å². The third-order valence-electron chi connectivity index (χ3n) is 10.1. The van der Waals surface area contributed by atoms with Crippen molar-refractivity contribution < 1.29 is 23.6 Å². The fourth-order valence-electron chi connectivity index (χ4n) is 7.72. The minimum absolute atomic E-state index is 0.0349. The van der Waals surface area contributed by atoms with Crippen molar-refractivity contribution in [2.45, 2.75) is 90.7 Å². The zero-order valence-corrected chi connectivity index (χ0v) is 25.5. The lowest BCUT2D eigenvalue weighted by atomic mass is 9.43. The van der Waals surface area contributed by atoms with E-state index in [1.54, 1.807) is 7.11 Å². The molecule has 1 amide bonds. The summed E-state index contributed by atoms with van der Waals surface area (Å²) in [6.45, 7) is 11.3. The molecule has 1 N–H and O–H groups in total. The molecule has 6 atom stereocenters. The molecule has 3 aliphatic carbocycles. The largest absolute Gasteiger partial charge is 0.497 e. The predicted molar refractivity (Wildman–Crippen MR) is 163 cm³/mol. The van der Waals surface area contributed by atoms with Crippen LogP contribution in [0.3, 0.4) is 0 Å². The number of hydrogen-bond acceptors (Lipinski definition) is 5. The van der Waals surface area contributed by atoms with Crippen molar-refractivity contribution in [3.05, 3.63) is 60.2 Å². The van der Waals surface area contributed by atoms with Crippen LogP contribution in [0.25, 0.3) is 0 Å². The van der Waals surface area contributed by atoms with E-state index < -0.39 is 5.92 Å². The molecule has 1 aliphatic heterocycles. The van der Waals surface area contributed by atoms with Gasteiger partial charge in [0.15, 0.2) is 0 Å². The first-order chi connectivity index (χ1) is 19.5. The van der Waals surface area contributed by atoms with Gasteiger partial charge in [0.2, 0.25) is 5.91 Å². The molecule has 1 saturated heterocycles. The van der Waals surface area contributed by atoms with Gasteiger partial charge < -0.3 is 19.4 Å². The molecule has 0 radical (unpaired) electrons. The summed E-state index contributed by atoms with van der Waals surface area (Å²) in [6.07, 6.45) is 4.20. The predicted octanol–water partition coefficient (Wildman–Crippen LogP) is 6.99. The number of carbonyl (C=O) groups is 2. The molecule has 3 saturated carbocycles. The number of anilines is 1. The van der Waals surface area contributed by atoms with Crippen LogP contribution >= 0.6 is 0 Å². The Labute approximate surface area is 246 Å². The van der Waals surface area contributed by atoms with Gasteiger partial charge in [-0.1, -0.05) is 58.0 Å². The van der Waals surface area contributed by atoms with Crippen molar-refractivity contribution in [2.24, 2.45) is 29.1 Å². The van der Waals surface area contributed by atoms with Gasteiger partial charge >= 0.3 is 7.12 Å². The summed E-state index contributed by atoms with van der Waals surface area (Å²) in [4.78, 5) is 27.2. The molecule has 41 heavy (non-hydrogen) atoms. The first-order valence-corrected chi connectivity index (χ1v) is 15.3. The van der Waals surface area contributed by atoms with Crippen LogP contribution in [0.2, 0.25) is 5.82 Å². The Morgan fingerprint density at radius 3 is 2.37 bits per heavy atom. The molecule has 2 bridgehead atoms. The maximum absolute atomic E-state index is 13.7. The van der Waals surface area contributed by atoms with E-state index in [4.69, 9.17) is 14.0 Å². The topological polar surface area (TPSA) is 73.9 Å². The molecule has 7 heteroatoms. The highest BCUT2D eigenvalue weighted by Gasteiger charge is 2.68. The quantitative estimate of drug-likeness (QED) is 0.284. The number of carbonyl (C=O) groups excluding carboxylic acids is 2. The Kier molecular flexibility index (Phi) is 8.68. The van der Waals surface area contributed by atoms with Gasteiger partial charge in [0, 0.05) is 30.3 Å². The zero-order chi connectivity index (χ0) is 29.4. The smallest absolute Gasteiger partial charge is 0.461 e. The second-order valence-electron chi connectivity index (χ2n) is 13.8. The van der Waals surface area contributed by atoms with Crippen LogP contribution in [0.1, 0.15) is 72.3 Å². The first kappa shape index (κ1) is 29.8. The monoisotopic (exact) mass is 559 g/mol. The van der Waals surface area contributed by atoms with Crippen molar-refractivity contribution in [1.82, 2.24) is 0 Å². The third kappa shape index (κ3) is 6.27. The highest BCUT2D eigenvalue weighted by atomic mass is 16.7. The maximum atomic E-state index is 13.7. The van der Waals surface area contributed by atoms with Gasteiger partial charge in [-0.2, -0.15) is 0 Å². The highest BCUT2D eigenvalue weighted by Crippen LogP contribution is 2.66. The number of benzene rings is 2. The standard InChI is InChI=1S/C34H46BNO5/c1-22(2)16-26(35-40-31-20-25-19-30(33(25,3)4)34(31,5)41-35)21-28(37)18-24(17-23-10-8-7-9-11-23)32(38)36-27-12-14-29(39-6)15-13-27/h7-15,22,24-26,30-31H,16-21H2,1-6H3,(H,36,38)/t24-,25-,26-,30-,31?,34-/m1/s1. The summed E-state index contributed by atoms with van der Waals surface area (Å²) in [7, 11) is 1.23. The highest BCUT2D eigenvalue weighted by molar-refractivity contribution is 6.47. The Balaban J connectivity index is 1.28. The van der Waals surface area contributed by atoms with Crippen LogP contribution in [0, 0.1) is 29.1 Å². The minimum Gasteiger partial charge on any atom is -0.497 e. The molecular weight excluding hydrogens is 513 g/mol. The number of ether oxygens (including phenoxy) is 1. The van der Waals surface area contributed by atoms with Crippen molar-refractivity contribution in [3.63, 3.8) is 0 Å². The fourth-order valence-corrected chi connectivity index (χ4v) is 7.72. The molecule has 4 aliphatic rings. The van der Waals surface area contributed by atoms with Crippen molar-refractivity contribution in [3.8, 4) is 5.75 Å². The molecule has 2 aromatic carbocycles. The van der Waals surface area contributed by atoms with Crippen molar-refractivity contribution >= 4 is 24.5 Å². The number of hydrogen-bond donors (Lipinski definition) is 1. The van der Waals surface area contributed by atoms with Crippen LogP contribution in [-0.2, 0) is 25.3 Å². The number of ketones is 1. The van der Waals surface area contributed by atoms with Gasteiger partial charge in [-0.25, -0.2) is 0 Å². The second-order valence-corrected chi connectivity index (χ2v) is 13.8. The lowest BCUT2D eigenvalue weighted by Crippen LogP contribution is -2.65. The average Bonchev–Trinajstić information content (AvgIpc) is 3.30. The van der Waals surface area contributed by atoms with E-state index in [0.29, 0.717) is 36.3 Å². The summed E-state index contributed by atoms with van der Waals surface area (Å²) in [5, 5.41) is 3.02. The van der Waals surface area contributed by atoms with Crippen LogP contribution in [0.4, 0.5) is 5.69 Å². The number of rotatable bonds is 12. The molecule has 1 heterocycles. The van der Waals surface area contributed by atoms with E-state index in [1.807, 2.05) is 54.6 Å². The minimum atomic E-state index is -0.481. The van der Waals surface area contributed by atoms with E-state index in [1.165, 1.54) is 6.42 Å². The maximum Gasteiger partial charge on any atom is 0.461 e. The fraction of sp³-hybridized carbons (Fsp3) is 0.588. The Bertz CT molecular complexity index is 1220. The number of amides is 1. The molecule has 4 fully saturated rings. The summed E-state index contributed by atoms with van der Waals surface area (Å²) in [5.74, 6) is 1.70. The SMILES string of the molecule is COc1ccc(NC(=O)[C@@H](CC(=O)C[C@@H](CC(C)C)B2OC3C[C@H]4C[C@H](C4(C)C)[C@@]3(C)O2)Cc2ccccc2)cc1. The van der Waals surface area contributed by atoms with Crippen molar-refractivity contribution in [2.75, 3.05) is 12.4 Å². The summed E-state index contributed by atoms with van der Waals surface area (Å²) >= 11 is 0. The second kappa shape index (κ2) is 11.9. The van der Waals surface area contributed by atoms with Gasteiger partial charge in [-0.15, -0.1) is 0 Å². The Morgan fingerprint density at radius 2 is 1.73 bits per heavy atom. The third-order valence-corrected chi connectivity index (χ3v) is 10.1.